The van der Waals surface area contributed by atoms with E-state index in [9.17, 15) is 23.1 Å². The Hall–Kier alpha value is -3.04. The summed E-state index contributed by atoms with van der Waals surface area (Å²) in [6, 6.07) is 3.04. The quantitative estimate of drug-likeness (QED) is 0.643. The molecule has 4 rings (SSSR count). The number of alkyl halides is 3. The maximum absolute atomic E-state index is 13.3. The molecule has 1 amide bonds. The Balaban J connectivity index is 1.64. The van der Waals surface area contributed by atoms with Crippen LogP contribution in [0.2, 0.25) is 0 Å². The molecule has 34 heavy (non-hydrogen) atoms. The summed E-state index contributed by atoms with van der Waals surface area (Å²) in [5.74, 6) is -0.912. The maximum atomic E-state index is 13.3. The van der Waals surface area contributed by atoms with E-state index >= 15 is 0 Å². The number of carbonyl (C=O) groups is 1. The van der Waals surface area contributed by atoms with Crippen molar-refractivity contribution >= 4 is 5.91 Å². The number of nitrogens with zero attached hydrogens (tertiary/aromatic N) is 1. The topological polar surface area (TPSA) is 77.5 Å². The molecule has 2 aliphatic heterocycles. The molecule has 10 heteroatoms. The van der Waals surface area contributed by atoms with Crippen molar-refractivity contribution in [3.63, 3.8) is 0 Å². The zero-order valence-corrected chi connectivity index (χ0v) is 19.1. The van der Waals surface area contributed by atoms with Gasteiger partial charge < -0.3 is 29.0 Å². The van der Waals surface area contributed by atoms with E-state index in [0.29, 0.717) is 41.4 Å². The molecule has 1 saturated heterocycles. The molecule has 3 unspecified atom stereocenters. The van der Waals surface area contributed by atoms with Crippen LogP contribution in [-0.4, -0.2) is 56.2 Å². The van der Waals surface area contributed by atoms with E-state index in [4.69, 9.17) is 18.9 Å². The van der Waals surface area contributed by atoms with Gasteiger partial charge in [0.05, 0.1) is 20.1 Å². The fraction of sp³-hybridized carbons (Fsp3) is 0.542. The molecule has 3 atom stereocenters. The van der Waals surface area contributed by atoms with Crippen LogP contribution in [0.3, 0.4) is 0 Å². The molecule has 0 saturated carbocycles. The zero-order chi connectivity index (χ0) is 24.5. The number of phenols is 1. The van der Waals surface area contributed by atoms with Gasteiger partial charge in [0.25, 0.3) is 0 Å². The number of amides is 1. The molecule has 1 fully saturated rings. The lowest BCUT2D eigenvalue weighted by atomic mass is 9.78. The lowest BCUT2D eigenvalue weighted by molar-refractivity contribution is -0.188. The summed E-state index contributed by atoms with van der Waals surface area (Å²) < 4.78 is 61.6. The number of phenolic OH excluding ortho intramolecular Hbond substituents is 1. The summed E-state index contributed by atoms with van der Waals surface area (Å²) in [4.78, 5) is 14.6. The van der Waals surface area contributed by atoms with E-state index in [-0.39, 0.29) is 44.4 Å². The van der Waals surface area contributed by atoms with Gasteiger partial charge in [-0.2, -0.15) is 13.2 Å². The molecule has 0 bridgehead atoms. The summed E-state index contributed by atoms with van der Waals surface area (Å²) in [6.45, 7) is 0.0270. The van der Waals surface area contributed by atoms with Gasteiger partial charge in [0.1, 0.15) is 23.0 Å². The molecule has 0 spiro atoms. The molecule has 1 aromatic carbocycles. The minimum Gasteiger partial charge on any atom is -0.507 e. The first kappa shape index (κ1) is 24.1. The second-order valence-corrected chi connectivity index (χ2v) is 8.71. The number of methoxy groups -OCH3 is 2. The number of ether oxygens (including phenoxy) is 4. The van der Waals surface area contributed by atoms with Crippen molar-refractivity contribution in [1.29, 1.82) is 0 Å². The molecule has 1 aliphatic carbocycles. The van der Waals surface area contributed by atoms with Gasteiger partial charge in [-0.05, 0) is 24.8 Å². The summed E-state index contributed by atoms with van der Waals surface area (Å²) >= 11 is 0. The average Bonchev–Trinajstić information content (AvgIpc) is 3.29. The van der Waals surface area contributed by atoms with Crippen LogP contribution < -0.4 is 9.47 Å². The van der Waals surface area contributed by atoms with Gasteiger partial charge in [0, 0.05) is 49.5 Å². The molecule has 0 radical (unpaired) electrons. The zero-order valence-electron chi connectivity index (χ0n) is 19.1. The van der Waals surface area contributed by atoms with Crippen molar-refractivity contribution < 1.29 is 42.0 Å². The summed E-state index contributed by atoms with van der Waals surface area (Å²) in [5, 5.41) is 10.9. The van der Waals surface area contributed by atoms with E-state index in [2.05, 4.69) is 0 Å². The predicted octanol–water partition coefficient (Wildman–Crippen LogP) is 4.48. The number of halogens is 3. The molecule has 2 heterocycles. The average molecular weight is 483 g/mol. The number of carbonyl (C=O) groups excluding carboxylic acids is 1. The van der Waals surface area contributed by atoms with Gasteiger partial charge in [-0.3, -0.25) is 4.79 Å². The van der Waals surface area contributed by atoms with Gasteiger partial charge in [0.15, 0.2) is 5.76 Å². The van der Waals surface area contributed by atoms with Gasteiger partial charge >= 0.3 is 6.18 Å². The Morgan fingerprint density at radius 2 is 2.06 bits per heavy atom. The molecule has 7 nitrogen and oxygen atoms in total. The number of piperidine rings is 1. The van der Waals surface area contributed by atoms with Crippen LogP contribution in [0.15, 0.2) is 35.8 Å². The third kappa shape index (κ3) is 4.90. The number of rotatable bonds is 6. The standard InChI is InChI=1S/C24H28F3NO6/c1-31-16-9-18(29)23(21(10-16)32-2)17(14-5-6-19-20(8-14)34-13-33-19)11-22(30)28-7-3-4-15(12-28)24(25,26)27/h5-6,9-10,14-15,17,29H,3-4,7-8,11-13H2,1-2H3. The van der Waals surface area contributed by atoms with Crippen LogP contribution in [-0.2, 0) is 14.3 Å². The minimum absolute atomic E-state index is 0.0173. The molecule has 1 aromatic rings. The number of hydrogen-bond acceptors (Lipinski definition) is 6. The first-order valence-corrected chi connectivity index (χ1v) is 11.2. The van der Waals surface area contributed by atoms with Crippen molar-refractivity contribution in [3.05, 3.63) is 41.4 Å². The first-order chi connectivity index (χ1) is 16.2. The molecule has 3 aliphatic rings. The third-order valence-corrected chi connectivity index (χ3v) is 6.71. The predicted molar refractivity (Wildman–Crippen MR) is 115 cm³/mol. The maximum Gasteiger partial charge on any atom is 0.393 e. The van der Waals surface area contributed by atoms with Crippen molar-refractivity contribution in [1.82, 2.24) is 4.90 Å². The first-order valence-electron chi connectivity index (χ1n) is 11.2. The van der Waals surface area contributed by atoms with Crippen molar-refractivity contribution in [3.8, 4) is 17.2 Å². The molecule has 0 aromatic heterocycles. The second-order valence-electron chi connectivity index (χ2n) is 8.71. The lowest BCUT2D eigenvalue weighted by Gasteiger charge is -2.36. The SMILES string of the molecule is COc1cc(O)c(C(CC(=O)N2CCCC(C(F)(F)F)C2)C2C=CC3=C(C2)OCO3)c(OC)c1. The van der Waals surface area contributed by atoms with Crippen LogP contribution >= 0.6 is 0 Å². The molecule has 1 N–H and O–H groups in total. The van der Waals surface area contributed by atoms with Crippen LogP contribution in [0.4, 0.5) is 13.2 Å². The summed E-state index contributed by atoms with van der Waals surface area (Å²) in [6.07, 6.45) is -0.0652. The Morgan fingerprint density at radius 1 is 1.26 bits per heavy atom. The van der Waals surface area contributed by atoms with Crippen LogP contribution in [0.1, 0.15) is 37.2 Å². The van der Waals surface area contributed by atoms with Crippen LogP contribution in [0.5, 0.6) is 17.2 Å². The highest BCUT2D eigenvalue weighted by Crippen LogP contribution is 2.47. The van der Waals surface area contributed by atoms with E-state index in [0.717, 1.165) is 0 Å². The normalized spacial score (nSPS) is 23.1. The van der Waals surface area contributed by atoms with Crippen LogP contribution in [0, 0.1) is 11.8 Å². The molecular formula is C24H28F3NO6. The highest BCUT2D eigenvalue weighted by atomic mass is 19.4. The van der Waals surface area contributed by atoms with Crippen LogP contribution in [0.25, 0.3) is 0 Å². The molecular weight excluding hydrogens is 455 g/mol. The largest absolute Gasteiger partial charge is 0.507 e. The van der Waals surface area contributed by atoms with Gasteiger partial charge in [0.2, 0.25) is 12.7 Å². The Labute approximate surface area is 195 Å². The fourth-order valence-corrected chi connectivity index (χ4v) is 4.89. The number of allylic oxidation sites excluding steroid dienone is 3. The third-order valence-electron chi connectivity index (χ3n) is 6.71. The van der Waals surface area contributed by atoms with Crippen molar-refractivity contribution in [2.45, 2.75) is 37.8 Å². The highest BCUT2D eigenvalue weighted by molar-refractivity contribution is 5.78. The Kier molecular flexibility index (Phi) is 6.86. The summed E-state index contributed by atoms with van der Waals surface area (Å²) in [7, 11) is 2.90. The van der Waals surface area contributed by atoms with Crippen molar-refractivity contribution in [2.24, 2.45) is 11.8 Å². The van der Waals surface area contributed by atoms with Gasteiger partial charge in [-0.15, -0.1) is 0 Å². The van der Waals surface area contributed by atoms with E-state index < -0.39 is 23.9 Å². The lowest BCUT2D eigenvalue weighted by Crippen LogP contribution is -2.45. The van der Waals surface area contributed by atoms with Gasteiger partial charge in [-0.1, -0.05) is 6.08 Å². The number of benzene rings is 1. The monoisotopic (exact) mass is 483 g/mol. The van der Waals surface area contributed by atoms with E-state index in [1.54, 1.807) is 12.1 Å². The summed E-state index contributed by atoms with van der Waals surface area (Å²) in [5.41, 5.74) is 0.402. The Bertz CT molecular complexity index is 990. The smallest absolute Gasteiger partial charge is 0.393 e. The number of likely N-dealkylation sites (tertiary alicyclic amines) is 1. The highest BCUT2D eigenvalue weighted by Gasteiger charge is 2.43. The second kappa shape index (κ2) is 9.68. The minimum atomic E-state index is -4.34. The number of hydrogen-bond donors (Lipinski definition) is 1. The van der Waals surface area contributed by atoms with Crippen molar-refractivity contribution in [2.75, 3.05) is 34.1 Å². The van der Waals surface area contributed by atoms with E-state index in [1.807, 2.05) is 6.08 Å². The fourth-order valence-electron chi connectivity index (χ4n) is 4.89. The van der Waals surface area contributed by atoms with E-state index in [1.165, 1.54) is 25.2 Å². The Morgan fingerprint density at radius 3 is 2.76 bits per heavy atom. The van der Waals surface area contributed by atoms with Gasteiger partial charge in [-0.25, -0.2) is 0 Å². The number of aromatic hydroxyl groups is 1. The molecule has 186 valence electrons.